The molecule has 1 unspecified atom stereocenters. The second-order valence-corrected chi connectivity index (χ2v) is 7.00. The van der Waals surface area contributed by atoms with Gasteiger partial charge in [-0.2, -0.15) is 0 Å². The number of rotatable bonds is 6. The Morgan fingerprint density at radius 1 is 1.14 bits per heavy atom. The normalized spacial score (nSPS) is 13.1. The monoisotopic (exact) mass is 396 g/mol. The van der Waals surface area contributed by atoms with E-state index in [-0.39, 0.29) is 13.2 Å². The van der Waals surface area contributed by atoms with Crippen LogP contribution in [-0.4, -0.2) is 28.8 Å². The average molecular weight is 396 g/mol. The molecule has 1 amide bonds. The van der Waals surface area contributed by atoms with Gasteiger partial charge < -0.3 is 19.9 Å². The van der Waals surface area contributed by atoms with Crippen LogP contribution in [-0.2, 0) is 16.0 Å². The molecule has 7 nitrogen and oxygen atoms in total. The second kappa shape index (κ2) is 7.69. The zero-order chi connectivity index (χ0) is 19.5. The van der Waals surface area contributed by atoms with Crippen molar-refractivity contribution in [2.75, 3.05) is 6.79 Å². The molecule has 1 aliphatic rings. The summed E-state index contributed by atoms with van der Waals surface area (Å²) >= 11 is 1.41. The number of ether oxygens (including phenoxy) is 2. The quantitative estimate of drug-likeness (QED) is 0.665. The van der Waals surface area contributed by atoms with Gasteiger partial charge in [-0.1, -0.05) is 30.3 Å². The predicted molar refractivity (Wildman–Crippen MR) is 102 cm³/mol. The highest BCUT2D eigenvalue weighted by Gasteiger charge is 2.22. The lowest BCUT2D eigenvalue weighted by atomic mass is 10.1. The van der Waals surface area contributed by atoms with Crippen molar-refractivity contribution in [3.8, 4) is 22.1 Å². The maximum absolute atomic E-state index is 12.4. The van der Waals surface area contributed by atoms with Crippen LogP contribution in [0, 0.1) is 0 Å². The van der Waals surface area contributed by atoms with Gasteiger partial charge in [-0.3, -0.25) is 4.79 Å². The van der Waals surface area contributed by atoms with E-state index >= 15 is 0 Å². The number of nitrogens with one attached hydrogen (secondary N) is 1. The van der Waals surface area contributed by atoms with Gasteiger partial charge in [0, 0.05) is 10.9 Å². The van der Waals surface area contributed by atoms with Crippen LogP contribution in [0.1, 0.15) is 17.3 Å². The highest BCUT2D eigenvalue weighted by atomic mass is 32.1. The molecule has 0 saturated carbocycles. The molecule has 3 aromatic rings. The molecule has 0 spiro atoms. The number of thiazole rings is 1. The standard InChI is InChI=1S/C20H16N2O5S/c23-17(22-18(20(24)25)12-4-2-1-3-5-12)9-14-10-28-19(21-14)13-6-7-15-16(8-13)27-11-26-15/h1-8,10,18H,9,11H2,(H,22,23)(H,24,25). The first kappa shape index (κ1) is 18.0. The van der Waals surface area contributed by atoms with E-state index in [9.17, 15) is 14.7 Å². The number of hydrogen-bond acceptors (Lipinski definition) is 6. The number of amides is 1. The first-order valence-electron chi connectivity index (χ1n) is 8.52. The van der Waals surface area contributed by atoms with Crippen molar-refractivity contribution in [2.24, 2.45) is 0 Å². The number of aromatic nitrogens is 1. The first-order chi connectivity index (χ1) is 13.6. The summed E-state index contributed by atoms with van der Waals surface area (Å²) in [6.07, 6.45) is -0.00232. The highest BCUT2D eigenvalue weighted by molar-refractivity contribution is 7.13. The molecule has 1 aromatic heterocycles. The smallest absolute Gasteiger partial charge is 0.330 e. The molecule has 2 heterocycles. The Morgan fingerprint density at radius 3 is 2.71 bits per heavy atom. The molecule has 2 N–H and O–H groups in total. The lowest BCUT2D eigenvalue weighted by Gasteiger charge is -2.14. The lowest BCUT2D eigenvalue weighted by Crippen LogP contribution is -2.34. The zero-order valence-electron chi connectivity index (χ0n) is 14.6. The van der Waals surface area contributed by atoms with Gasteiger partial charge in [-0.15, -0.1) is 11.3 Å². The number of carboxylic acids is 1. The summed E-state index contributed by atoms with van der Waals surface area (Å²) in [7, 11) is 0. The molecule has 1 aliphatic heterocycles. The van der Waals surface area contributed by atoms with Crippen LogP contribution in [0.5, 0.6) is 11.5 Å². The van der Waals surface area contributed by atoms with E-state index in [2.05, 4.69) is 10.3 Å². The third-order valence-corrected chi connectivity index (χ3v) is 5.14. The molecule has 8 heteroatoms. The molecule has 2 aromatic carbocycles. The molecule has 142 valence electrons. The Kier molecular flexibility index (Phi) is 4.94. The fraction of sp³-hybridized carbons (Fsp3) is 0.150. The summed E-state index contributed by atoms with van der Waals surface area (Å²) in [5.41, 5.74) is 1.96. The lowest BCUT2D eigenvalue weighted by molar-refractivity contribution is -0.142. The van der Waals surface area contributed by atoms with Crippen LogP contribution in [0.15, 0.2) is 53.9 Å². The number of carbonyl (C=O) groups excluding carboxylic acids is 1. The van der Waals surface area contributed by atoms with Crippen molar-refractivity contribution in [1.29, 1.82) is 0 Å². The van der Waals surface area contributed by atoms with Crippen LogP contribution in [0.3, 0.4) is 0 Å². The third-order valence-electron chi connectivity index (χ3n) is 4.20. The van der Waals surface area contributed by atoms with Gasteiger partial charge in [-0.05, 0) is 23.8 Å². The van der Waals surface area contributed by atoms with Gasteiger partial charge in [0.2, 0.25) is 12.7 Å². The largest absolute Gasteiger partial charge is 0.479 e. The Hall–Kier alpha value is -3.39. The topological polar surface area (TPSA) is 97.8 Å². The summed E-state index contributed by atoms with van der Waals surface area (Å²) in [5, 5.41) is 14.5. The minimum absolute atomic E-state index is 0.00232. The van der Waals surface area contributed by atoms with E-state index in [4.69, 9.17) is 9.47 Å². The highest BCUT2D eigenvalue weighted by Crippen LogP contribution is 2.36. The van der Waals surface area contributed by atoms with Crippen molar-refractivity contribution in [1.82, 2.24) is 10.3 Å². The second-order valence-electron chi connectivity index (χ2n) is 6.14. The number of carboxylic acid groups (broad SMARTS) is 1. The van der Waals surface area contributed by atoms with E-state index in [1.807, 2.05) is 18.2 Å². The first-order valence-corrected chi connectivity index (χ1v) is 9.39. The Morgan fingerprint density at radius 2 is 1.93 bits per heavy atom. The van der Waals surface area contributed by atoms with Gasteiger partial charge in [0.25, 0.3) is 0 Å². The number of carbonyl (C=O) groups is 2. The fourth-order valence-electron chi connectivity index (χ4n) is 2.86. The van der Waals surface area contributed by atoms with Crippen LogP contribution in [0.2, 0.25) is 0 Å². The molecule has 28 heavy (non-hydrogen) atoms. The molecule has 0 aliphatic carbocycles. The Labute approximate surface area is 164 Å². The number of nitrogens with zero attached hydrogens (tertiary/aromatic N) is 1. The fourth-order valence-corrected chi connectivity index (χ4v) is 3.68. The molecule has 0 saturated heterocycles. The summed E-state index contributed by atoms with van der Waals surface area (Å²) in [4.78, 5) is 28.4. The SMILES string of the molecule is O=C(Cc1csc(-c2ccc3c(c2)OCO3)n1)NC(C(=O)O)c1ccccc1. The number of hydrogen-bond donors (Lipinski definition) is 2. The molecule has 0 bridgehead atoms. The van der Waals surface area contributed by atoms with Gasteiger partial charge in [0.1, 0.15) is 5.01 Å². The summed E-state index contributed by atoms with van der Waals surface area (Å²) in [5.74, 6) is -0.155. The van der Waals surface area contributed by atoms with Crippen LogP contribution in [0.25, 0.3) is 10.6 Å². The average Bonchev–Trinajstić information content (AvgIpc) is 3.35. The Bertz CT molecular complexity index is 1020. The van der Waals surface area contributed by atoms with Gasteiger partial charge >= 0.3 is 5.97 Å². The van der Waals surface area contributed by atoms with Crippen molar-refractivity contribution in [2.45, 2.75) is 12.5 Å². The third kappa shape index (κ3) is 3.81. The Balaban J connectivity index is 1.45. The molecule has 4 rings (SSSR count). The minimum atomic E-state index is -1.11. The maximum Gasteiger partial charge on any atom is 0.330 e. The summed E-state index contributed by atoms with van der Waals surface area (Å²) in [6, 6.07) is 13.0. The minimum Gasteiger partial charge on any atom is -0.479 e. The van der Waals surface area contributed by atoms with Gasteiger partial charge in [0.05, 0.1) is 12.1 Å². The van der Waals surface area contributed by atoms with Crippen LogP contribution >= 0.6 is 11.3 Å². The molecular formula is C20H16N2O5S. The van der Waals surface area contributed by atoms with E-state index in [1.54, 1.807) is 35.7 Å². The maximum atomic E-state index is 12.4. The number of benzene rings is 2. The van der Waals surface area contributed by atoms with Crippen molar-refractivity contribution in [3.05, 3.63) is 65.2 Å². The zero-order valence-corrected chi connectivity index (χ0v) is 15.4. The molecular weight excluding hydrogens is 380 g/mol. The number of aliphatic carboxylic acids is 1. The van der Waals surface area contributed by atoms with E-state index < -0.39 is 17.9 Å². The van der Waals surface area contributed by atoms with Crippen LogP contribution in [0.4, 0.5) is 0 Å². The van der Waals surface area contributed by atoms with Crippen molar-refractivity contribution >= 4 is 23.2 Å². The van der Waals surface area contributed by atoms with Gasteiger partial charge in [0.15, 0.2) is 17.5 Å². The molecule has 0 radical (unpaired) electrons. The molecule has 0 fully saturated rings. The predicted octanol–water partition coefficient (Wildman–Crippen LogP) is 3.02. The van der Waals surface area contributed by atoms with E-state index in [0.29, 0.717) is 22.8 Å². The van der Waals surface area contributed by atoms with Crippen molar-refractivity contribution < 1.29 is 24.2 Å². The summed E-state index contributed by atoms with van der Waals surface area (Å²) < 4.78 is 10.7. The number of fused-ring (bicyclic) bond motifs is 1. The van der Waals surface area contributed by atoms with E-state index in [1.165, 1.54) is 11.3 Å². The summed E-state index contributed by atoms with van der Waals surface area (Å²) in [6.45, 7) is 0.203. The molecule has 1 atom stereocenters. The van der Waals surface area contributed by atoms with E-state index in [0.717, 1.165) is 10.6 Å². The van der Waals surface area contributed by atoms with Crippen molar-refractivity contribution in [3.63, 3.8) is 0 Å². The van der Waals surface area contributed by atoms with Crippen LogP contribution < -0.4 is 14.8 Å². The van der Waals surface area contributed by atoms with Gasteiger partial charge in [-0.25, -0.2) is 9.78 Å².